The zero-order valence-electron chi connectivity index (χ0n) is 12.3. The zero-order chi connectivity index (χ0) is 16.2. The van der Waals surface area contributed by atoms with Gasteiger partial charge in [-0.3, -0.25) is 0 Å². The first-order chi connectivity index (χ1) is 11.2. The maximum absolute atomic E-state index is 13.2. The van der Waals surface area contributed by atoms with Crippen molar-refractivity contribution in [2.75, 3.05) is 18.0 Å². The van der Waals surface area contributed by atoms with E-state index in [0.29, 0.717) is 11.3 Å². The van der Waals surface area contributed by atoms with E-state index >= 15 is 0 Å². The number of benzene rings is 1. The molecule has 0 radical (unpaired) electrons. The highest BCUT2D eigenvalue weighted by molar-refractivity contribution is 5.54. The molecule has 0 spiro atoms. The third-order valence-electron chi connectivity index (χ3n) is 3.81. The fourth-order valence-corrected chi connectivity index (χ4v) is 2.56. The summed E-state index contributed by atoms with van der Waals surface area (Å²) in [4.78, 5) is 2.09. The standard InChI is InChI=1S/C17H14F2N4/c18-15-3-1-13(10-16(15)19)9-12-5-7-23(8-6-12)17-4-2-14(11-20)21-22-17/h1-4,9-10H,5-8H2. The number of piperidine rings is 1. The van der Waals surface area contributed by atoms with Crippen molar-refractivity contribution >= 4 is 11.9 Å². The smallest absolute Gasteiger partial charge is 0.163 e. The number of nitriles is 1. The van der Waals surface area contributed by atoms with Gasteiger partial charge in [0.2, 0.25) is 0 Å². The Labute approximate surface area is 132 Å². The fourth-order valence-electron chi connectivity index (χ4n) is 2.56. The summed E-state index contributed by atoms with van der Waals surface area (Å²) >= 11 is 0. The Morgan fingerprint density at radius 1 is 1.04 bits per heavy atom. The molecule has 2 aromatic rings. The van der Waals surface area contributed by atoms with Crippen LogP contribution in [-0.2, 0) is 0 Å². The van der Waals surface area contributed by atoms with E-state index in [1.54, 1.807) is 18.2 Å². The van der Waals surface area contributed by atoms with Crippen LogP contribution in [0.2, 0.25) is 0 Å². The Hall–Kier alpha value is -2.81. The van der Waals surface area contributed by atoms with Gasteiger partial charge in [0.25, 0.3) is 0 Å². The van der Waals surface area contributed by atoms with Crippen LogP contribution in [-0.4, -0.2) is 23.3 Å². The minimum atomic E-state index is -0.832. The molecule has 4 nitrogen and oxygen atoms in total. The molecule has 1 aliphatic heterocycles. The molecule has 23 heavy (non-hydrogen) atoms. The van der Waals surface area contributed by atoms with Crippen molar-refractivity contribution in [3.05, 3.63) is 58.8 Å². The van der Waals surface area contributed by atoms with Gasteiger partial charge in [-0.05, 0) is 42.7 Å². The minimum absolute atomic E-state index is 0.296. The predicted octanol–water partition coefficient (Wildman–Crippen LogP) is 3.31. The quantitative estimate of drug-likeness (QED) is 0.853. The number of anilines is 1. The monoisotopic (exact) mass is 312 g/mol. The summed E-state index contributed by atoms with van der Waals surface area (Å²) in [6.45, 7) is 1.55. The molecule has 3 rings (SSSR count). The summed E-state index contributed by atoms with van der Waals surface area (Å²) in [5, 5.41) is 16.6. The molecular formula is C17H14F2N4. The highest BCUT2D eigenvalue weighted by Gasteiger charge is 2.16. The van der Waals surface area contributed by atoms with Crippen molar-refractivity contribution in [3.8, 4) is 6.07 Å². The molecule has 0 N–H and O–H groups in total. The molecule has 1 aromatic carbocycles. The van der Waals surface area contributed by atoms with Crippen LogP contribution in [0.3, 0.4) is 0 Å². The Morgan fingerprint density at radius 3 is 2.43 bits per heavy atom. The van der Waals surface area contributed by atoms with Gasteiger partial charge in [-0.1, -0.05) is 17.7 Å². The van der Waals surface area contributed by atoms with E-state index in [4.69, 9.17) is 5.26 Å². The molecule has 1 aromatic heterocycles. The molecule has 1 aliphatic rings. The number of rotatable bonds is 2. The van der Waals surface area contributed by atoms with Gasteiger partial charge >= 0.3 is 0 Å². The molecule has 1 saturated heterocycles. The van der Waals surface area contributed by atoms with Gasteiger partial charge in [-0.15, -0.1) is 10.2 Å². The lowest BCUT2D eigenvalue weighted by Gasteiger charge is -2.29. The Bertz CT molecular complexity index is 768. The number of hydrogen-bond acceptors (Lipinski definition) is 4. The van der Waals surface area contributed by atoms with Crippen molar-refractivity contribution in [1.29, 1.82) is 5.26 Å². The first-order valence-electron chi connectivity index (χ1n) is 7.29. The highest BCUT2D eigenvalue weighted by Crippen LogP contribution is 2.23. The number of nitrogens with zero attached hydrogens (tertiary/aromatic N) is 4. The van der Waals surface area contributed by atoms with Gasteiger partial charge in [0, 0.05) is 13.1 Å². The van der Waals surface area contributed by atoms with Crippen LogP contribution in [0, 0.1) is 23.0 Å². The lowest BCUT2D eigenvalue weighted by molar-refractivity contribution is 0.508. The average Bonchev–Trinajstić information content (AvgIpc) is 2.59. The van der Waals surface area contributed by atoms with Crippen LogP contribution >= 0.6 is 0 Å². The van der Waals surface area contributed by atoms with E-state index in [1.165, 1.54) is 11.6 Å². The van der Waals surface area contributed by atoms with Crippen molar-refractivity contribution in [2.24, 2.45) is 0 Å². The molecule has 0 atom stereocenters. The molecule has 0 bridgehead atoms. The highest BCUT2D eigenvalue weighted by atomic mass is 19.2. The van der Waals surface area contributed by atoms with Crippen molar-refractivity contribution in [3.63, 3.8) is 0 Å². The van der Waals surface area contributed by atoms with Crippen LogP contribution in [0.15, 0.2) is 35.9 Å². The topological polar surface area (TPSA) is 52.8 Å². The Kier molecular flexibility index (Phi) is 4.29. The van der Waals surface area contributed by atoms with Gasteiger partial charge < -0.3 is 4.90 Å². The van der Waals surface area contributed by atoms with Crippen molar-refractivity contribution < 1.29 is 8.78 Å². The molecule has 2 heterocycles. The Morgan fingerprint density at radius 2 is 1.83 bits per heavy atom. The first kappa shape index (κ1) is 15.1. The van der Waals surface area contributed by atoms with Gasteiger partial charge in [0.05, 0.1) is 0 Å². The van der Waals surface area contributed by atoms with E-state index in [9.17, 15) is 8.78 Å². The van der Waals surface area contributed by atoms with E-state index in [1.807, 2.05) is 12.1 Å². The van der Waals surface area contributed by atoms with E-state index in [2.05, 4.69) is 15.1 Å². The van der Waals surface area contributed by atoms with Crippen LogP contribution in [0.25, 0.3) is 6.08 Å². The second kappa shape index (κ2) is 6.53. The normalized spacial score (nSPS) is 14.5. The van der Waals surface area contributed by atoms with Crippen LogP contribution < -0.4 is 4.90 Å². The van der Waals surface area contributed by atoms with Crippen molar-refractivity contribution in [2.45, 2.75) is 12.8 Å². The molecule has 0 unspecified atom stereocenters. The molecule has 6 heteroatoms. The van der Waals surface area contributed by atoms with Crippen LogP contribution in [0.4, 0.5) is 14.6 Å². The number of halogens is 2. The Balaban J connectivity index is 1.66. The van der Waals surface area contributed by atoms with E-state index in [0.717, 1.165) is 37.8 Å². The summed E-state index contributed by atoms with van der Waals surface area (Å²) in [6, 6.07) is 9.30. The molecule has 116 valence electrons. The van der Waals surface area contributed by atoms with Gasteiger partial charge in [0.15, 0.2) is 23.1 Å². The average molecular weight is 312 g/mol. The summed E-state index contributed by atoms with van der Waals surface area (Å²) in [6.07, 6.45) is 3.55. The van der Waals surface area contributed by atoms with Crippen LogP contribution in [0.1, 0.15) is 24.1 Å². The third-order valence-corrected chi connectivity index (χ3v) is 3.81. The van der Waals surface area contributed by atoms with E-state index < -0.39 is 11.6 Å². The zero-order valence-corrected chi connectivity index (χ0v) is 12.3. The van der Waals surface area contributed by atoms with Gasteiger partial charge in [0.1, 0.15) is 6.07 Å². The van der Waals surface area contributed by atoms with Gasteiger partial charge in [-0.25, -0.2) is 8.78 Å². The largest absolute Gasteiger partial charge is 0.354 e. The summed E-state index contributed by atoms with van der Waals surface area (Å²) in [7, 11) is 0. The number of hydrogen-bond donors (Lipinski definition) is 0. The number of aromatic nitrogens is 2. The maximum atomic E-state index is 13.2. The summed E-state index contributed by atoms with van der Waals surface area (Å²) < 4.78 is 26.2. The van der Waals surface area contributed by atoms with Crippen molar-refractivity contribution in [1.82, 2.24) is 10.2 Å². The second-order valence-corrected chi connectivity index (χ2v) is 5.35. The molecule has 0 saturated carbocycles. The molecule has 1 fully saturated rings. The maximum Gasteiger partial charge on any atom is 0.163 e. The third kappa shape index (κ3) is 3.51. The molecule has 0 aliphatic carbocycles. The van der Waals surface area contributed by atoms with Crippen LogP contribution in [0.5, 0.6) is 0 Å². The summed E-state index contributed by atoms with van der Waals surface area (Å²) in [5.41, 5.74) is 2.16. The summed E-state index contributed by atoms with van der Waals surface area (Å²) in [5.74, 6) is -0.915. The van der Waals surface area contributed by atoms with Gasteiger partial charge in [-0.2, -0.15) is 5.26 Å². The first-order valence-corrected chi connectivity index (χ1v) is 7.29. The SMILES string of the molecule is N#Cc1ccc(N2CCC(=Cc3ccc(F)c(F)c3)CC2)nn1. The molecular weight excluding hydrogens is 298 g/mol. The molecule has 0 amide bonds. The predicted molar refractivity (Wildman–Crippen MR) is 82.5 cm³/mol. The second-order valence-electron chi connectivity index (χ2n) is 5.35. The van der Waals surface area contributed by atoms with E-state index in [-0.39, 0.29) is 0 Å². The lowest BCUT2D eigenvalue weighted by Crippen LogP contribution is -2.31. The lowest BCUT2D eigenvalue weighted by atomic mass is 10.0. The fraction of sp³-hybridized carbons (Fsp3) is 0.235. The minimum Gasteiger partial charge on any atom is -0.354 e.